The maximum atomic E-state index is 12.0. The number of halogens is 2. The molecule has 5 heteroatoms. The van der Waals surface area contributed by atoms with E-state index in [1.807, 2.05) is 31.2 Å². The van der Waals surface area contributed by atoms with Crippen LogP contribution in [0.4, 0.5) is 5.69 Å². The van der Waals surface area contributed by atoms with Crippen LogP contribution in [0, 0.1) is 0 Å². The van der Waals surface area contributed by atoms with Crippen LogP contribution in [-0.2, 0) is 11.2 Å². The van der Waals surface area contributed by atoms with Crippen LogP contribution >= 0.6 is 23.2 Å². The van der Waals surface area contributed by atoms with Crippen molar-refractivity contribution < 1.29 is 9.53 Å². The number of ether oxygens (including phenoxy) is 1. The summed E-state index contributed by atoms with van der Waals surface area (Å²) in [5, 5.41) is 3.88. The van der Waals surface area contributed by atoms with E-state index < -0.39 is 0 Å². The predicted molar refractivity (Wildman–Crippen MR) is 91.0 cm³/mol. The molecule has 22 heavy (non-hydrogen) atoms. The average molecular weight is 338 g/mol. The summed E-state index contributed by atoms with van der Waals surface area (Å²) < 4.78 is 5.40. The quantitative estimate of drug-likeness (QED) is 0.808. The molecule has 0 radical (unpaired) electrons. The first-order valence-electron chi connectivity index (χ1n) is 7.05. The maximum Gasteiger partial charge on any atom is 0.224 e. The Morgan fingerprint density at radius 1 is 1.14 bits per heavy atom. The summed E-state index contributed by atoms with van der Waals surface area (Å²) in [5.74, 6) is 0.685. The molecule has 0 bridgehead atoms. The van der Waals surface area contributed by atoms with E-state index in [1.54, 1.807) is 18.2 Å². The zero-order chi connectivity index (χ0) is 15.9. The van der Waals surface area contributed by atoms with E-state index in [4.69, 9.17) is 27.9 Å². The molecule has 2 aromatic carbocycles. The van der Waals surface area contributed by atoms with Gasteiger partial charge >= 0.3 is 0 Å². The van der Waals surface area contributed by atoms with Crippen molar-refractivity contribution in [3.8, 4) is 5.75 Å². The van der Waals surface area contributed by atoms with Gasteiger partial charge in [-0.2, -0.15) is 0 Å². The smallest absolute Gasteiger partial charge is 0.224 e. The van der Waals surface area contributed by atoms with Gasteiger partial charge in [0.1, 0.15) is 5.75 Å². The molecule has 0 saturated carbocycles. The van der Waals surface area contributed by atoms with Crippen molar-refractivity contribution in [2.75, 3.05) is 11.9 Å². The average Bonchev–Trinajstić information content (AvgIpc) is 2.49. The van der Waals surface area contributed by atoms with Crippen LogP contribution in [0.25, 0.3) is 0 Å². The highest BCUT2D eigenvalue weighted by molar-refractivity contribution is 6.42. The van der Waals surface area contributed by atoms with Gasteiger partial charge in [0.15, 0.2) is 0 Å². The lowest BCUT2D eigenvalue weighted by Crippen LogP contribution is -2.12. The van der Waals surface area contributed by atoms with Crippen molar-refractivity contribution in [3.63, 3.8) is 0 Å². The van der Waals surface area contributed by atoms with Gasteiger partial charge in [0.2, 0.25) is 5.91 Å². The Bertz CT molecular complexity index is 659. The van der Waals surface area contributed by atoms with Gasteiger partial charge in [-0.25, -0.2) is 0 Å². The molecule has 116 valence electrons. The molecule has 2 aromatic rings. The highest BCUT2D eigenvalue weighted by Crippen LogP contribution is 2.23. The Hall–Kier alpha value is -1.71. The molecule has 0 aromatic heterocycles. The number of benzene rings is 2. The summed E-state index contributed by atoms with van der Waals surface area (Å²) in [4.78, 5) is 12.0. The number of carbonyl (C=O) groups excluding carboxylic acids is 1. The minimum absolute atomic E-state index is 0.0558. The third-order valence-electron chi connectivity index (χ3n) is 3.05. The number of anilines is 1. The molecule has 0 atom stereocenters. The lowest BCUT2D eigenvalue weighted by molar-refractivity contribution is -0.116. The number of rotatable bonds is 6. The summed E-state index contributed by atoms with van der Waals surface area (Å²) in [7, 11) is 0. The molecule has 0 unspecified atom stereocenters. The molecule has 0 aliphatic carbocycles. The molecule has 0 heterocycles. The Balaban J connectivity index is 1.90. The van der Waals surface area contributed by atoms with Gasteiger partial charge in [0, 0.05) is 18.2 Å². The molecule has 1 amide bonds. The Morgan fingerprint density at radius 3 is 2.68 bits per heavy atom. The van der Waals surface area contributed by atoms with Crippen molar-refractivity contribution in [1.82, 2.24) is 0 Å². The minimum atomic E-state index is -0.0558. The van der Waals surface area contributed by atoms with Crippen LogP contribution in [0.2, 0.25) is 10.0 Å². The van der Waals surface area contributed by atoms with Crippen LogP contribution in [0.1, 0.15) is 18.9 Å². The number of hydrogen-bond donors (Lipinski definition) is 1. The molecular weight excluding hydrogens is 321 g/mol. The number of nitrogens with one attached hydrogen (secondary N) is 1. The summed E-state index contributed by atoms with van der Waals surface area (Å²) in [6, 6.07) is 12.7. The zero-order valence-electron chi connectivity index (χ0n) is 12.2. The second-order valence-electron chi connectivity index (χ2n) is 4.76. The van der Waals surface area contributed by atoms with Crippen molar-refractivity contribution in [2.24, 2.45) is 0 Å². The van der Waals surface area contributed by atoms with E-state index in [9.17, 15) is 4.79 Å². The third-order valence-corrected chi connectivity index (χ3v) is 3.79. The summed E-state index contributed by atoms with van der Waals surface area (Å²) in [6.45, 7) is 2.51. The van der Waals surface area contributed by atoms with E-state index in [2.05, 4.69) is 5.32 Å². The zero-order valence-corrected chi connectivity index (χ0v) is 13.7. The summed E-state index contributed by atoms with van der Waals surface area (Å²) in [6.07, 6.45) is 0.977. The van der Waals surface area contributed by atoms with Crippen LogP contribution in [0.5, 0.6) is 5.75 Å². The highest BCUT2D eigenvalue weighted by Gasteiger charge is 2.06. The van der Waals surface area contributed by atoms with Crippen LogP contribution in [-0.4, -0.2) is 12.5 Å². The SMILES string of the molecule is CCOc1cccc(NC(=O)CCc2ccc(Cl)c(Cl)c2)c1. The highest BCUT2D eigenvalue weighted by atomic mass is 35.5. The van der Waals surface area contributed by atoms with E-state index in [0.29, 0.717) is 29.5 Å². The lowest BCUT2D eigenvalue weighted by Gasteiger charge is -2.08. The van der Waals surface area contributed by atoms with E-state index in [0.717, 1.165) is 17.0 Å². The van der Waals surface area contributed by atoms with E-state index in [1.165, 1.54) is 0 Å². The Labute approximate surface area is 140 Å². The normalized spacial score (nSPS) is 10.3. The largest absolute Gasteiger partial charge is 0.494 e. The standard InChI is InChI=1S/C17H17Cl2NO2/c1-2-22-14-5-3-4-13(11-14)20-17(21)9-7-12-6-8-15(18)16(19)10-12/h3-6,8,10-11H,2,7,9H2,1H3,(H,20,21). The fourth-order valence-electron chi connectivity index (χ4n) is 2.01. The Morgan fingerprint density at radius 2 is 1.95 bits per heavy atom. The van der Waals surface area contributed by atoms with E-state index in [-0.39, 0.29) is 5.91 Å². The Kier molecular flexibility index (Phi) is 6.10. The predicted octanol–water partition coefficient (Wildman–Crippen LogP) is 4.96. The topological polar surface area (TPSA) is 38.3 Å². The van der Waals surface area contributed by atoms with Crippen LogP contribution in [0.3, 0.4) is 0 Å². The monoisotopic (exact) mass is 337 g/mol. The first kappa shape index (κ1) is 16.7. The molecule has 0 aliphatic heterocycles. The lowest BCUT2D eigenvalue weighted by atomic mass is 10.1. The minimum Gasteiger partial charge on any atom is -0.494 e. The summed E-state index contributed by atoms with van der Waals surface area (Å²) in [5.41, 5.74) is 1.71. The molecule has 0 saturated heterocycles. The van der Waals surface area contributed by atoms with Gasteiger partial charge in [-0.05, 0) is 43.2 Å². The fourth-order valence-corrected chi connectivity index (χ4v) is 2.33. The first-order chi connectivity index (χ1) is 10.6. The molecule has 1 N–H and O–H groups in total. The van der Waals surface area contributed by atoms with Crippen molar-refractivity contribution in [1.29, 1.82) is 0 Å². The van der Waals surface area contributed by atoms with Gasteiger partial charge in [0.25, 0.3) is 0 Å². The van der Waals surface area contributed by atoms with Gasteiger partial charge in [-0.1, -0.05) is 35.3 Å². The van der Waals surface area contributed by atoms with Crippen LogP contribution < -0.4 is 10.1 Å². The molecule has 3 nitrogen and oxygen atoms in total. The molecular formula is C17H17Cl2NO2. The number of amides is 1. The molecule has 2 rings (SSSR count). The maximum absolute atomic E-state index is 12.0. The first-order valence-corrected chi connectivity index (χ1v) is 7.80. The molecule has 0 fully saturated rings. The van der Waals surface area contributed by atoms with Crippen LogP contribution in [0.15, 0.2) is 42.5 Å². The number of carbonyl (C=O) groups is 1. The van der Waals surface area contributed by atoms with E-state index >= 15 is 0 Å². The van der Waals surface area contributed by atoms with Gasteiger partial charge in [0.05, 0.1) is 16.7 Å². The molecule has 0 spiro atoms. The van der Waals surface area contributed by atoms with Gasteiger partial charge < -0.3 is 10.1 Å². The summed E-state index contributed by atoms with van der Waals surface area (Å²) >= 11 is 11.8. The van der Waals surface area contributed by atoms with Crippen molar-refractivity contribution >= 4 is 34.8 Å². The molecule has 0 aliphatic rings. The van der Waals surface area contributed by atoms with Gasteiger partial charge in [-0.15, -0.1) is 0 Å². The van der Waals surface area contributed by atoms with Crippen molar-refractivity contribution in [2.45, 2.75) is 19.8 Å². The second kappa shape index (κ2) is 8.06. The second-order valence-corrected chi connectivity index (χ2v) is 5.57. The fraction of sp³-hybridized carbons (Fsp3) is 0.235. The third kappa shape index (κ3) is 4.93. The van der Waals surface area contributed by atoms with Gasteiger partial charge in [-0.3, -0.25) is 4.79 Å². The van der Waals surface area contributed by atoms with Crippen molar-refractivity contribution in [3.05, 3.63) is 58.1 Å². The number of hydrogen-bond acceptors (Lipinski definition) is 2. The number of aryl methyl sites for hydroxylation is 1.